The van der Waals surface area contributed by atoms with Crippen molar-refractivity contribution in [1.29, 1.82) is 0 Å². The van der Waals surface area contributed by atoms with Crippen molar-refractivity contribution in [3.63, 3.8) is 0 Å². The summed E-state index contributed by atoms with van der Waals surface area (Å²) in [5, 5.41) is 10.0. The molecule has 0 aliphatic rings. The van der Waals surface area contributed by atoms with Gasteiger partial charge >= 0.3 is 11.9 Å². The Hall–Kier alpha value is -1.10. The van der Waals surface area contributed by atoms with E-state index in [1.807, 2.05) is 0 Å². The fraction of sp³-hybridized carbons (Fsp3) is 0.950. The van der Waals surface area contributed by atoms with Crippen molar-refractivity contribution in [3.05, 3.63) is 0 Å². The molecule has 0 aromatic rings. The number of aliphatic hydroxyl groups is 1. The lowest BCUT2D eigenvalue weighted by atomic mass is 9.99. The summed E-state index contributed by atoms with van der Waals surface area (Å²) in [7, 11) is 0. The average Bonchev–Trinajstić information content (AvgIpc) is 3.04. The lowest BCUT2D eigenvalue weighted by molar-refractivity contribution is -0.152. The van der Waals surface area contributed by atoms with E-state index in [4.69, 9.17) is 9.47 Å². The van der Waals surface area contributed by atoms with Crippen LogP contribution < -0.4 is 0 Å². The maximum absolute atomic E-state index is 12.0. The van der Waals surface area contributed by atoms with Gasteiger partial charge in [0.2, 0.25) is 0 Å². The molecule has 0 bridgehead atoms. The number of rotatable bonds is 36. The second kappa shape index (κ2) is 35.7. The van der Waals surface area contributed by atoms with E-state index in [0.29, 0.717) is 12.8 Å². The molecule has 0 amide bonds. The second-order valence-electron chi connectivity index (χ2n) is 14.0. The number of aliphatic hydroxyl groups excluding tert-OH is 1. The second-order valence-corrected chi connectivity index (χ2v) is 14.0. The molecule has 5 nitrogen and oxygen atoms in total. The van der Waals surface area contributed by atoms with E-state index >= 15 is 0 Å². The number of hydrogen-bond donors (Lipinski definition) is 1. The molecule has 1 N–H and O–H groups in total. The molecule has 0 rings (SSSR count). The average molecular weight is 639 g/mol. The Bertz CT molecular complexity index is 622. The highest BCUT2D eigenvalue weighted by atomic mass is 16.6. The molecular formula is C40H78O5. The van der Waals surface area contributed by atoms with Gasteiger partial charge in [-0.3, -0.25) is 9.59 Å². The van der Waals surface area contributed by atoms with Crippen molar-refractivity contribution in [2.24, 2.45) is 5.92 Å². The molecule has 0 heterocycles. The lowest BCUT2D eigenvalue weighted by Crippen LogP contribution is -2.25. The monoisotopic (exact) mass is 639 g/mol. The van der Waals surface area contributed by atoms with E-state index in [1.165, 1.54) is 161 Å². The highest BCUT2D eigenvalue weighted by molar-refractivity contribution is 5.69. The Morgan fingerprint density at radius 2 is 0.756 bits per heavy atom. The topological polar surface area (TPSA) is 72.8 Å². The van der Waals surface area contributed by atoms with Crippen LogP contribution in [-0.2, 0) is 19.1 Å². The first-order valence-corrected chi connectivity index (χ1v) is 20.0. The highest BCUT2D eigenvalue weighted by Gasteiger charge is 2.12. The molecule has 0 aromatic carbocycles. The van der Waals surface area contributed by atoms with Crippen LogP contribution in [-0.4, -0.2) is 36.4 Å². The van der Waals surface area contributed by atoms with Crippen LogP contribution in [0, 0.1) is 5.92 Å². The van der Waals surface area contributed by atoms with Gasteiger partial charge in [0.25, 0.3) is 0 Å². The number of unbranched alkanes of at least 4 members (excludes halogenated alkanes) is 25. The van der Waals surface area contributed by atoms with E-state index in [0.717, 1.165) is 31.6 Å². The summed E-state index contributed by atoms with van der Waals surface area (Å²) < 4.78 is 10.3. The lowest BCUT2D eigenvalue weighted by Gasteiger charge is -2.12. The number of hydrogen-bond acceptors (Lipinski definition) is 5. The van der Waals surface area contributed by atoms with E-state index < -0.39 is 6.10 Å². The maximum Gasteiger partial charge on any atom is 0.305 e. The Morgan fingerprint density at radius 3 is 1.07 bits per heavy atom. The summed E-state index contributed by atoms with van der Waals surface area (Å²) in [5.74, 6) is 0.328. The van der Waals surface area contributed by atoms with Gasteiger partial charge in [-0.2, -0.15) is 0 Å². The van der Waals surface area contributed by atoms with Crippen molar-refractivity contribution in [3.8, 4) is 0 Å². The minimum atomic E-state index is -0.955. The van der Waals surface area contributed by atoms with Gasteiger partial charge in [0.15, 0.2) is 0 Å². The van der Waals surface area contributed by atoms with Gasteiger partial charge in [-0.05, 0) is 18.8 Å². The zero-order valence-electron chi connectivity index (χ0n) is 30.6. The van der Waals surface area contributed by atoms with Crippen molar-refractivity contribution in [2.75, 3.05) is 13.2 Å². The number of ether oxygens (including phenoxy) is 2. The van der Waals surface area contributed by atoms with Crippen LogP contribution in [0.15, 0.2) is 0 Å². The molecule has 0 fully saturated rings. The van der Waals surface area contributed by atoms with Crippen molar-refractivity contribution in [1.82, 2.24) is 0 Å². The normalized spacial score (nSPS) is 12.7. The predicted octanol–water partition coefficient (Wildman–Crippen LogP) is 12.2. The minimum Gasteiger partial charge on any atom is -0.463 e. The Labute approximate surface area is 280 Å². The fourth-order valence-corrected chi connectivity index (χ4v) is 5.95. The van der Waals surface area contributed by atoms with Crippen LogP contribution >= 0.6 is 0 Å². The van der Waals surface area contributed by atoms with Crippen molar-refractivity contribution in [2.45, 2.75) is 226 Å². The highest BCUT2D eigenvalue weighted by Crippen LogP contribution is 2.16. The van der Waals surface area contributed by atoms with Crippen LogP contribution in [0.2, 0.25) is 0 Å². The van der Waals surface area contributed by atoms with E-state index in [9.17, 15) is 14.7 Å². The smallest absolute Gasteiger partial charge is 0.305 e. The zero-order valence-corrected chi connectivity index (χ0v) is 30.6. The summed E-state index contributed by atoms with van der Waals surface area (Å²) in [6, 6.07) is 0. The fourth-order valence-electron chi connectivity index (χ4n) is 5.95. The molecular weight excluding hydrogens is 560 g/mol. The molecule has 0 aliphatic heterocycles. The van der Waals surface area contributed by atoms with Gasteiger partial charge in [0.05, 0.1) is 0 Å². The van der Waals surface area contributed by atoms with E-state index in [1.54, 1.807) is 0 Å². The molecule has 45 heavy (non-hydrogen) atoms. The van der Waals surface area contributed by atoms with E-state index in [-0.39, 0.29) is 25.2 Å². The Kier molecular flexibility index (Phi) is 34.9. The van der Waals surface area contributed by atoms with Gasteiger partial charge in [0.1, 0.15) is 19.3 Å². The summed E-state index contributed by atoms with van der Waals surface area (Å²) in [5.41, 5.74) is 0. The molecule has 0 saturated carbocycles. The summed E-state index contributed by atoms with van der Waals surface area (Å²) in [6.45, 7) is 6.69. The third-order valence-electron chi connectivity index (χ3n) is 9.38. The minimum absolute atomic E-state index is 0.108. The molecule has 2 atom stereocenters. The van der Waals surface area contributed by atoms with Gasteiger partial charge in [-0.1, -0.05) is 194 Å². The number of carbonyl (C=O) groups is 2. The predicted molar refractivity (Wildman–Crippen MR) is 192 cm³/mol. The molecule has 1 unspecified atom stereocenters. The summed E-state index contributed by atoms with van der Waals surface area (Å²) in [6.07, 6.45) is 37.2. The van der Waals surface area contributed by atoms with Gasteiger partial charge in [-0.25, -0.2) is 0 Å². The quantitative estimate of drug-likeness (QED) is 0.0546. The molecule has 0 aliphatic carbocycles. The van der Waals surface area contributed by atoms with Crippen LogP contribution in [0.25, 0.3) is 0 Å². The molecule has 5 heteroatoms. The summed E-state index contributed by atoms with van der Waals surface area (Å²) >= 11 is 0. The molecule has 268 valence electrons. The van der Waals surface area contributed by atoms with Crippen molar-refractivity contribution < 1.29 is 24.2 Å². The molecule has 0 radical (unpaired) electrons. The SMILES string of the molecule is CCCCCCCCCCCCCCCCCCCC(=O)OC[C@H](O)COC(=O)CCCCCCCCCCCCC(C)CC. The third-order valence-corrected chi connectivity index (χ3v) is 9.38. The van der Waals surface area contributed by atoms with Gasteiger partial charge < -0.3 is 14.6 Å². The number of esters is 2. The summed E-state index contributed by atoms with van der Waals surface area (Å²) in [4.78, 5) is 23.9. The number of carbonyl (C=O) groups excluding carboxylic acids is 2. The zero-order chi connectivity index (χ0) is 33.1. The van der Waals surface area contributed by atoms with E-state index in [2.05, 4.69) is 20.8 Å². The Balaban J connectivity index is 3.38. The first kappa shape index (κ1) is 43.9. The van der Waals surface area contributed by atoms with Gasteiger partial charge in [-0.15, -0.1) is 0 Å². The maximum atomic E-state index is 12.0. The van der Waals surface area contributed by atoms with Crippen LogP contribution in [0.4, 0.5) is 0 Å². The Morgan fingerprint density at radius 1 is 0.467 bits per heavy atom. The standard InChI is InChI=1S/C40H78O5/c1-4-6-7-8-9-10-11-12-13-14-15-16-17-21-24-27-30-33-39(42)44-35-38(41)36-45-40(43)34-31-28-25-22-19-18-20-23-26-29-32-37(3)5-2/h37-38,41H,4-36H2,1-3H3/t37?,38-/m0/s1. The first-order valence-electron chi connectivity index (χ1n) is 20.0. The van der Waals surface area contributed by atoms with Crippen molar-refractivity contribution >= 4 is 11.9 Å². The van der Waals surface area contributed by atoms with Gasteiger partial charge in [0, 0.05) is 12.8 Å². The largest absolute Gasteiger partial charge is 0.463 e. The first-order chi connectivity index (χ1) is 22.0. The van der Waals surface area contributed by atoms with Crippen LogP contribution in [0.1, 0.15) is 220 Å². The van der Waals surface area contributed by atoms with Crippen LogP contribution in [0.3, 0.4) is 0 Å². The molecule has 0 spiro atoms. The van der Waals surface area contributed by atoms with Crippen LogP contribution in [0.5, 0.6) is 0 Å². The molecule has 0 saturated heterocycles. The molecule has 0 aromatic heterocycles. The third kappa shape index (κ3) is 35.6.